The summed E-state index contributed by atoms with van der Waals surface area (Å²) in [7, 11) is 1.38. The van der Waals surface area contributed by atoms with Gasteiger partial charge in [-0.25, -0.2) is 9.18 Å². The lowest BCUT2D eigenvalue weighted by atomic mass is 9.94. The van der Waals surface area contributed by atoms with Crippen LogP contribution in [0.1, 0.15) is 24.5 Å². The second-order valence-electron chi connectivity index (χ2n) is 4.63. The molecule has 1 aromatic carbocycles. The number of halogens is 1. The fraction of sp³-hybridized carbons (Fsp3) is 0.429. The zero-order chi connectivity index (χ0) is 14.6. The van der Waals surface area contributed by atoms with E-state index in [1.165, 1.54) is 7.11 Å². The van der Waals surface area contributed by atoms with Crippen molar-refractivity contribution < 1.29 is 23.8 Å². The summed E-state index contributed by atoms with van der Waals surface area (Å²) in [5.74, 6) is -2.72. The molecule has 1 rings (SSSR count). The number of carbonyl (C=O) groups excluding carboxylic acids is 1. The van der Waals surface area contributed by atoms with Crippen LogP contribution in [0.15, 0.2) is 12.1 Å². The van der Waals surface area contributed by atoms with E-state index in [0.29, 0.717) is 17.5 Å². The molecule has 0 aliphatic heterocycles. The van der Waals surface area contributed by atoms with E-state index in [1.807, 2.05) is 0 Å². The van der Waals surface area contributed by atoms with Gasteiger partial charge in [0.15, 0.2) is 11.6 Å². The molecule has 0 amide bonds. The molecular weight excluding hydrogens is 251 g/mol. The Hall–Kier alpha value is -1.91. The highest BCUT2D eigenvalue weighted by Gasteiger charge is 2.19. The summed E-state index contributed by atoms with van der Waals surface area (Å²) in [5, 5.41) is 8.54. The van der Waals surface area contributed by atoms with Crippen LogP contribution in [0, 0.1) is 18.7 Å². The van der Waals surface area contributed by atoms with E-state index in [4.69, 9.17) is 9.84 Å². The van der Waals surface area contributed by atoms with E-state index >= 15 is 0 Å². The quantitative estimate of drug-likeness (QED) is 0.804. The van der Waals surface area contributed by atoms with Crippen molar-refractivity contribution in [3.05, 3.63) is 29.1 Å². The Morgan fingerprint density at radius 3 is 2.58 bits per heavy atom. The van der Waals surface area contributed by atoms with Crippen molar-refractivity contribution in [2.75, 3.05) is 7.11 Å². The summed E-state index contributed by atoms with van der Waals surface area (Å²) < 4.78 is 18.9. The van der Waals surface area contributed by atoms with Gasteiger partial charge >= 0.3 is 5.97 Å². The van der Waals surface area contributed by atoms with Gasteiger partial charge in [0.25, 0.3) is 0 Å². The molecule has 0 aliphatic rings. The number of carboxylic acids is 1. The fourth-order valence-electron chi connectivity index (χ4n) is 1.93. The highest BCUT2D eigenvalue weighted by Crippen LogP contribution is 2.28. The van der Waals surface area contributed by atoms with Gasteiger partial charge in [0.05, 0.1) is 7.11 Å². The second-order valence-corrected chi connectivity index (χ2v) is 4.63. The zero-order valence-corrected chi connectivity index (χ0v) is 11.2. The van der Waals surface area contributed by atoms with Crippen LogP contribution in [0.2, 0.25) is 0 Å². The molecule has 1 atom stereocenters. The Bertz CT molecular complexity index is 496. The molecular formula is C14H17FO4. The minimum atomic E-state index is -1.44. The van der Waals surface area contributed by atoms with E-state index in [2.05, 4.69) is 0 Å². The normalized spacial score (nSPS) is 12.0. The van der Waals surface area contributed by atoms with Gasteiger partial charge in [-0.3, -0.25) is 4.79 Å². The molecule has 0 radical (unpaired) electrons. The van der Waals surface area contributed by atoms with Gasteiger partial charge in [0, 0.05) is 6.42 Å². The number of Topliss-reactive ketones (excluding diaryl/α,β-unsaturated/α-hetero) is 1. The summed E-state index contributed by atoms with van der Waals surface area (Å²) in [6, 6.07) is 3.37. The topological polar surface area (TPSA) is 63.6 Å². The van der Waals surface area contributed by atoms with E-state index in [1.54, 1.807) is 26.0 Å². The fourth-order valence-corrected chi connectivity index (χ4v) is 1.93. The second kappa shape index (κ2) is 6.31. The van der Waals surface area contributed by atoms with Crippen molar-refractivity contribution in [3.63, 3.8) is 0 Å². The van der Waals surface area contributed by atoms with E-state index in [-0.39, 0.29) is 18.1 Å². The standard InChI is InChI=1S/C14H17FO4/c1-8(7-11(16)14(17)18)6-10-5-4-9(2)12(15)13(10)19-3/h4-5,8H,6-7H2,1-3H3,(H,17,18). The molecule has 0 aromatic heterocycles. The predicted octanol–water partition coefficient (Wildman–Crippen LogP) is 2.37. The van der Waals surface area contributed by atoms with Crippen molar-refractivity contribution in [2.24, 2.45) is 5.92 Å². The Morgan fingerprint density at radius 2 is 2.05 bits per heavy atom. The molecule has 1 N–H and O–H groups in total. The average Bonchev–Trinajstić information content (AvgIpc) is 2.34. The number of aryl methyl sites for hydroxylation is 1. The van der Waals surface area contributed by atoms with Crippen LogP contribution < -0.4 is 4.74 Å². The first-order valence-electron chi connectivity index (χ1n) is 5.94. The number of benzene rings is 1. The van der Waals surface area contributed by atoms with Gasteiger partial charge in [-0.05, 0) is 30.4 Å². The predicted molar refractivity (Wildman–Crippen MR) is 67.8 cm³/mol. The number of rotatable bonds is 6. The van der Waals surface area contributed by atoms with Crippen molar-refractivity contribution >= 4 is 11.8 Å². The first-order valence-corrected chi connectivity index (χ1v) is 5.94. The van der Waals surface area contributed by atoms with Crippen LogP contribution in [-0.4, -0.2) is 24.0 Å². The van der Waals surface area contributed by atoms with Crippen LogP contribution in [0.5, 0.6) is 5.75 Å². The molecule has 0 saturated heterocycles. The molecule has 5 heteroatoms. The lowest BCUT2D eigenvalue weighted by Crippen LogP contribution is -2.17. The number of hydrogen-bond donors (Lipinski definition) is 1. The highest BCUT2D eigenvalue weighted by atomic mass is 19.1. The minimum Gasteiger partial charge on any atom is -0.493 e. The zero-order valence-electron chi connectivity index (χ0n) is 11.2. The monoisotopic (exact) mass is 268 g/mol. The third-order valence-corrected chi connectivity index (χ3v) is 2.92. The maximum Gasteiger partial charge on any atom is 0.372 e. The number of ether oxygens (including phenoxy) is 1. The van der Waals surface area contributed by atoms with Crippen LogP contribution >= 0.6 is 0 Å². The summed E-state index contributed by atoms with van der Waals surface area (Å²) >= 11 is 0. The van der Waals surface area contributed by atoms with Crippen LogP contribution in [0.4, 0.5) is 4.39 Å². The molecule has 1 unspecified atom stereocenters. The third kappa shape index (κ3) is 3.77. The highest BCUT2D eigenvalue weighted by molar-refractivity contribution is 6.32. The molecule has 0 fully saturated rings. The molecule has 0 bridgehead atoms. The minimum absolute atomic E-state index is 0.0754. The smallest absolute Gasteiger partial charge is 0.372 e. The third-order valence-electron chi connectivity index (χ3n) is 2.92. The summed E-state index contributed by atoms with van der Waals surface area (Å²) in [6.07, 6.45) is 0.313. The molecule has 1 aromatic rings. The number of hydrogen-bond acceptors (Lipinski definition) is 3. The first kappa shape index (κ1) is 15.1. The van der Waals surface area contributed by atoms with Gasteiger partial charge < -0.3 is 9.84 Å². The van der Waals surface area contributed by atoms with Crippen LogP contribution in [0.25, 0.3) is 0 Å². The number of methoxy groups -OCH3 is 1. The van der Waals surface area contributed by atoms with Gasteiger partial charge in [-0.2, -0.15) is 0 Å². The number of carbonyl (C=O) groups is 2. The maximum atomic E-state index is 13.8. The van der Waals surface area contributed by atoms with Crippen molar-refractivity contribution in [1.29, 1.82) is 0 Å². The average molecular weight is 268 g/mol. The van der Waals surface area contributed by atoms with Crippen molar-refractivity contribution in [1.82, 2.24) is 0 Å². The van der Waals surface area contributed by atoms with E-state index < -0.39 is 17.6 Å². The van der Waals surface area contributed by atoms with Crippen molar-refractivity contribution in [3.8, 4) is 5.75 Å². The maximum absolute atomic E-state index is 13.8. The van der Waals surface area contributed by atoms with E-state index in [0.717, 1.165) is 0 Å². The molecule has 0 aliphatic carbocycles. The molecule has 19 heavy (non-hydrogen) atoms. The number of aliphatic carboxylic acids is 1. The van der Waals surface area contributed by atoms with Crippen molar-refractivity contribution in [2.45, 2.75) is 26.7 Å². The molecule has 0 spiro atoms. The van der Waals surface area contributed by atoms with Gasteiger partial charge in [-0.1, -0.05) is 19.1 Å². The van der Waals surface area contributed by atoms with Gasteiger partial charge in [0.1, 0.15) is 0 Å². The van der Waals surface area contributed by atoms with E-state index in [9.17, 15) is 14.0 Å². The molecule has 0 heterocycles. The lowest BCUT2D eigenvalue weighted by Gasteiger charge is -2.14. The Morgan fingerprint density at radius 1 is 1.42 bits per heavy atom. The molecule has 0 saturated carbocycles. The van der Waals surface area contributed by atoms with Crippen LogP contribution in [0.3, 0.4) is 0 Å². The lowest BCUT2D eigenvalue weighted by molar-refractivity contribution is -0.149. The Kier molecular flexibility index (Phi) is 5.03. The first-order chi connectivity index (χ1) is 8.86. The summed E-state index contributed by atoms with van der Waals surface area (Å²) in [4.78, 5) is 21.6. The Balaban J connectivity index is 2.85. The number of ketones is 1. The van der Waals surface area contributed by atoms with Crippen LogP contribution in [-0.2, 0) is 16.0 Å². The molecule has 104 valence electrons. The van der Waals surface area contributed by atoms with Gasteiger partial charge in [-0.15, -0.1) is 0 Å². The number of carboxylic acid groups (broad SMARTS) is 1. The van der Waals surface area contributed by atoms with Gasteiger partial charge in [0.2, 0.25) is 5.78 Å². The summed E-state index contributed by atoms with van der Waals surface area (Å²) in [5.41, 5.74) is 1.12. The largest absolute Gasteiger partial charge is 0.493 e. The molecule has 4 nitrogen and oxygen atoms in total. The summed E-state index contributed by atoms with van der Waals surface area (Å²) in [6.45, 7) is 3.39. The SMILES string of the molecule is COc1c(CC(C)CC(=O)C(=O)O)ccc(C)c1F. The Labute approximate surface area is 111 Å².